The summed E-state index contributed by atoms with van der Waals surface area (Å²) in [5.74, 6) is 1.70. The molecule has 2 saturated carbocycles. The summed E-state index contributed by atoms with van der Waals surface area (Å²) in [5, 5.41) is 10.2. The molecule has 3 aliphatic rings. The van der Waals surface area contributed by atoms with Crippen LogP contribution in [0, 0.1) is 11.8 Å². The molecule has 1 N–H and O–H groups in total. The molecule has 0 spiro atoms. The van der Waals surface area contributed by atoms with Crippen LogP contribution in [-0.4, -0.2) is 54.4 Å². The van der Waals surface area contributed by atoms with Gasteiger partial charge in [0, 0.05) is 18.0 Å². The fourth-order valence-corrected chi connectivity index (χ4v) is 4.01. The number of hydrogen-bond donors (Lipinski definition) is 1. The van der Waals surface area contributed by atoms with Crippen molar-refractivity contribution < 1.29 is 19.4 Å². The van der Waals surface area contributed by atoms with Crippen LogP contribution < -0.4 is 4.74 Å². The number of rotatable bonds is 5. The molecular formula is C20H27NO4. The minimum absolute atomic E-state index is 0.0236. The molecule has 1 saturated heterocycles. The van der Waals surface area contributed by atoms with Crippen molar-refractivity contribution in [2.45, 2.75) is 44.2 Å². The number of aliphatic hydroxyl groups excluding tert-OH is 1. The lowest BCUT2D eigenvalue weighted by atomic mass is 9.93. The van der Waals surface area contributed by atoms with Gasteiger partial charge in [0.2, 0.25) is 0 Å². The summed E-state index contributed by atoms with van der Waals surface area (Å²) in [6.07, 6.45) is 5.03. The highest BCUT2D eigenvalue weighted by atomic mass is 16.5. The number of carbonyl (C=O) groups excluding carboxylic acids is 1. The molecule has 1 aromatic carbocycles. The largest absolute Gasteiger partial charge is 0.493 e. The van der Waals surface area contributed by atoms with Gasteiger partial charge < -0.3 is 19.5 Å². The van der Waals surface area contributed by atoms with Gasteiger partial charge in [-0.1, -0.05) is 6.42 Å². The van der Waals surface area contributed by atoms with E-state index in [9.17, 15) is 9.90 Å². The van der Waals surface area contributed by atoms with Gasteiger partial charge in [0.15, 0.2) is 0 Å². The average Bonchev–Trinajstić information content (AvgIpc) is 3.39. The van der Waals surface area contributed by atoms with Crippen molar-refractivity contribution in [3.05, 3.63) is 29.8 Å². The van der Waals surface area contributed by atoms with E-state index in [0.717, 1.165) is 31.6 Å². The smallest absolute Gasteiger partial charge is 0.254 e. The Morgan fingerprint density at radius 2 is 2.00 bits per heavy atom. The molecule has 0 unspecified atom stereocenters. The first-order valence-electron chi connectivity index (χ1n) is 9.52. The van der Waals surface area contributed by atoms with Gasteiger partial charge in [0.1, 0.15) is 5.75 Å². The van der Waals surface area contributed by atoms with E-state index in [4.69, 9.17) is 9.47 Å². The lowest BCUT2D eigenvalue weighted by molar-refractivity contribution is -0.0383. The Morgan fingerprint density at radius 3 is 2.68 bits per heavy atom. The predicted octanol–water partition coefficient (Wildman–Crippen LogP) is 2.48. The fourth-order valence-electron chi connectivity index (χ4n) is 4.01. The van der Waals surface area contributed by atoms with Crippen molar-refractivity contribution in [2.24, 2.45) is 11.8 Å². The van der Waals surface area contributed by atoms with Gasteiger partial charge in [-0.3, -0.25) is 4.79 Å². The summed E-state index contributed by atoms with van der Waals surface area (Å²) in [4.78, 5) is 14.9. The minimum Gasteiger partial charge on any atom is -0.493 e. The van der Waals surface area contributed by atoms with E-state index in [-0.39, 0.29) is 24.0 Å². The zero-order chi connectivity index (χ0) is 17.2. The molecule has 25 heavy (non-hydrogen) atoms. The van der Waals surface area contributed by atoms with E-state index in [1.807, 2.05) is 29.2 Å². The van der Waals surface area contributed by atoms with Crippen LogP contribution in [0.3, 0.4) is 0 Å². The molecule has 5 heteroatoms. The monoisotopic (exact) mass is 345 g/mol. The summed E-state index contributed by atoms with van der Waals surface area (Å²) in [5.41, 5.74) is 0.679. The Balaban J connectivity index is 1.43. The summed E-state index contributed by atoms with van der Waals surface area (Å²) in [7, 11) is 0. The van der Waals surface area contributed by atoms with E-state index in [1.165, 1.54) is 12.8 Å². The van der Waals surface area contributed by atoms with E-state index >= 15 is 0 Å². The third kappa shape index (κ3) is 3.82. The highest BCUT2D eigenvalue weighted by Gasteiger charge is 2.39. The Kier molecular flexibility index (Phi) is 4.95. The van der Waals surface area contributed by atoms with Gasteiger partial charge in [0.25, 0.3) is 5.91 Å². The molecular weight excluding hydrogens is 318 g/mol. The van der Waals surface area contributed by atoms with E-state index in [2.05, 4.69) is 0 Å². The maximum atomic E-state index is 13.0. The molecule has 4 rings (SSSR count). The molecule has 1 aromatic rings. The number of hydrogen-bond acceptors (Lipinski definition) is 4. The van der Waals surface area contributed by atoms with E-state index < -0.39 is 0 Å². The molecule has 1 aliphatic heterocycles. The first-order valence-corrected chi connectivity index (χ1v) is 9.52. The zero-order valence-corrected chi connectivity index (χ0v) is 14.6. The first kappa shape index (κ1) is 16.9. The second kappa shape index (κ2) is 7.34. The third-order valence-corrected chi connectivity index (χ3v) is 5.74. The fraction of sp³-hybridized carbons (Fsp3) is 0.650. The average molecular weight is 345 g/mol. The van der Waals surface area contributed by atoms with Crippen LogP contribution in [-0.2, 0) is 4.74 Å². The van der Waals surface area contributed by atoms with Crippen LogP contribution in [0.1, 0.15) is 42.5 Å². The Labute approximate surface area is 148 Å². The highest BCUT2D eigenvalue weighted by Crippen LogP contribution is 2.33. The molecule has 3 atom stereocenters. The molecule has 0 aromatic heterocycles. The normalized spacial score (nSPS) is 29.6. The first-order chi connectivity index (χ1) is 12.2. The molecule has 3 fully saturated rings. The Morgan fingerprint density at radius 1 is 1.20 bits per heavy atom. The number of aliphatic hydroxyl groups is 1. The molecule has 2 aliphatic carbocycles. The number of ether oxygens (including phenoxy) is 2. The molecule has 1 amide bonds. The number of benzene rings is 1. The van der Waals surface area contributed by atoms with Crippen molar-refractivity contribution in [3.8, 4) is 5.75 Å². The summed E-state index contributed by atoms with van der Waals surface area (Å²) < 4.78 is 11.4. The van der Waals surface area contributed by atoms with Gasteiger partial charge in [0.05, 0.1) is 32.0 Å². The minimum atomic E-state index is -0.319. The second-order valence-corrected chi connectivity index (χ2v) is 7.58. The highest BCUT2D eigenvalue weighted by molar-refractivity contribution is 5.94. The summed E-state index contributed by atoms with van der Waals surface area (Å²) in [6.45, 7) is 2.45. The lowest BCUT2D eigenvalue weighted by Gasteiger charge is -2.40. The molecule has 5 nitrogen and oxygen atoms in total. The van der Waals surface area contributed by atoms with Gasteiger partial charge in [-0.15, -0.1) is 0 Å². The number of morpholine rings is 1. The Hall–Kier alpha value is -1.59. The van der Waals surface area contributed by atoms with Crippen molar-refractivity contribution in [2.75, 3.05) is 26.4 Å². The van der Waals surface area contributed by atoms with Crippen LogP contribution in [0.2, 0.25) is 0 Å². The summed E-state index contributed by atoms with van der Waals surface area (Å²) in [6, 6.07) is 7.44. The van der Waals surface area contributed by atoms with Gasteiger partial charge >= 0.3 is 0 Å². The third-order valence-electron chi connectivity index (χ3n) is 5.74. The molecule has 0 radical (unpaired) electrons. The van der Waals surface area contributed by atoms with Crippen LogP contribution >= 0.6 is 0 Å². The maximum absolute atomic E-state index is 13.0. The maximum Gasteiger partial charge on any atom is 0.254 e. The number of nitrogens with zero attached hydrogens (tertiary/aromatic N) is 1. The predicted molar refractivity (Wildman–Crippen MR) is 93.7 cm³/mol. The van der Waals surface area contributed by atoms with E-state index in [0.29, 0.717) is 31.2 Å². The second-order valence-electron chi connectivity index (χ2n) is 7.58. The van der Waals surface area contributed by atoms with E-state index in [1.54, 1.807) is 0 Å². The van der Waals surface area contributed by atoms with Crippen molar-refractivity contribution in [3.63, 3.8) is 0 Å². The van der Waals surface area contributed by atoms with Crippen LogP contribution in [0.4, 0.5) is 0 Å². The van der Waals surface area contributed by atoms with Gasteiger partial charge in [-0.05, 0) is 55.9 Å². The topological polar surface area (TPSA) is 59.0 Å². The number of amides is 1. The standard InChI is InChI=1S/C20H27NO4/c22-19-3-1-2-17(19)18-13-24-11-10-21(18)20(23)15-6-8-16(9-7-15)25-12-14-4-5-14/h6-9,14,17-19,22H,1-5,10-13H2/t17-,18-,19-/m1/s1. The van der Waals surface area contributed by atoms with Crippen molar-refractivity contribution in [1.29, 1.82) is 0 Å². The number of carbonyl (C=O) groups is 1. The zero-order valence-electron chi connectivity index (χ0n) is 14.6. The quantitative estimate of drug-likeness (QED) is 0.891. The SMILES string of the molecule is O=C(c1ccc(OCC2CC2)cc1)N1CCOC[C@@H]1[C@H]1CCC[C@H]1O. The van der Waals surface area contributed by atoms with Crippen LogP contribution in [0.25, 0.3) is 0 Å². The molecule has 136 valence electrons. The summed E-state index contributed by atoms with van der Waals surface area (Å²) >= 11 is 0. The van der Waals surface area contributed by atoms with Crippen molar-refractivity contribution in [1.82, 2.24) is 4.90 Å². The lowest BCUT2D eigenvalue weighted by Crippen LogP contribution is -2.53. The Bertz CT molecular complexity index is 598. The molecule has 1 heterocycles. The van der Waals surface area contributed by atoms with Crippen LogP contribution in [0.5, 0.6) is 5.75 Å². The van der Waals surface area contributed by atoms with Crippen molar-refractivity contribution >= 4 is 5.91 Å². The van der Waals surface area contributed by atoms with Crippen LogP contribution in [0.15, 0.2) is 24.3 Å². The van der Waals surface area contributed by atoms with Gasteiger partial charge in [-0.25, -0.2) is 0 Å². The van der Waals surface area contributed by atoms with Gasteiger partial charge in [-0.2, -0.15) is 0 Å². The molecule has 0 bridgehead atoms.